The molecule has 0 saturated heterocycles. The molecular formula is C17H21N3O3. The molecule has 6 heteroatoms. The van der Waals surface area contributed by atoms with E-state index in [2.05, 4.69) is 15.3 Å². The fourth-order valence-electron chi connectivity index (χ4n) is 2.00. The lowest BCUT2D eigenvalue weighted by molar-refractivity contribution is 0.0482. The van der Waals surface area contributed by atoms with E-state index in [1.54, 1.807) is 39.2 Å². The van der Waals surface area contributed by atoms with Gasteiger partial charge in [0, 0.05) is 18.0 Å². The fourth-order valence-corrected chi connectivity index (χ4v) is 2.00. The average Bonchev–Trinajstić information content (AvgIpc) is 2.52. The number of benzene rings is 1. The highest BCUT2D eigenvalue weighted by atomic mass is 16.6. The van der Waals surface area contributed by atoms with Gasteiger partial charge in [-0.3, -0.25) is 0 Å². The average molecular weight is 315 g/mol. The van der Waals surface area contributed by atoms with Crippen LogP contribution in [0.5, 0.6) is 0 Å². The van der Waals surface area contributed by atoms with Gasteiger partial charge in [0.2, 0.25) is 0 Å². The first-order valence-electron chi connectivity index (χ1n) is 7.37. The van der Waals surface area contributed by atoms with Crippen LogP contribution in [-0.2, 0) is 4.74 Å². The van der Waals surface area contributed by atoms with Crippen LogP contribution in [0.4, 0.5) is 4.79 Å². The van der Waals surface area contributed by atoms with Crippen LogP contribution in [0, 0.1) is 0 Å². The van der Waals surface area contributed by atoms with Crippen LogP contribution < -0.4 is 5.32 Å². The number of carbonyl (C=O) groups is 1. The van der Waals surface area contributed by atoms with Crippen molar-refractivity contribution in [3.8, 4) is 11.4 Å². The molecule has 1 aromatic heterocycles. The SMILES string of the molecule is CC(C)(C)OC(=O)N[C@@H](CO)c1ccc(-c2ncccn2)cc1. The quantitative estimate of drug-likeness (QED) is 0.906. The molecule has 0 saturated carbocycles. The number of nitrogens with one attached hydrogen (secondary N) is 1. The van der Waals surface area contributed by atoms with Crippen molar-refractivity contribution >= 4 is 6.09 Å². The molecule has 2 rings (SSSR count). The van der Waals surface area contributed by atoms with Gasteiger partial charge in [-0.25, -0.2) is 14.8 Å². The van der Waals surface area contributed by atoms with E-state index in [9.17, 15) is 9.90 Å². The summed E-state index contributed by atoms with van der Waals surface area (Å²) in [5, 5.41) is 12.2. The van der Waals surface area contributed by atoms with E-state index < -0.39 is 17.7 Å². The van der Waals surface area contributed by atoms with E-state index in [4.69, 9.17) is 4.74 Å². The van der Waals surface area contributed by atoms with Gasteiger partial charge in [0.1, 0.15) is 5.60 Å². The van der Waals surface area contributed by atoms with Crippen molar-refractivity contribution < 1.29 is 14.6 Å². The molecule has 0 aliphatic heterocycles. The number of aliphatic hydroxyl groups excluding tert-OH is 1. The van der Waals surface area contributed by atoms with E-state index in [1.165, 1.54) is 0 Å². The molecule has 0 fully saturated rings. The predicted molar refractivity (Wildman–Crippen MR) is 86.7 cm³/mol. The van der Waals surface area contributed by atoms with E-state index in [-0.39, 0.29) is 6.61 Å². The molecule has 2 aromatic rings. The number of amides is 1. The number of aliphatic hydroxyl groups is 1. The van der Waals surface area contributed by atoms with Crippen LogP contribution in [-0.4, -0.2) is 33.4 Å². The standard InChI is InChI=1S/C17H21N3O3/c1-17(2,3)23-16(22)20-14(11-21)12-5-7-13(8-6-12)15-18-9-4-10-19-15/h4-10,14,21H,11H2,1-3H3,(H,20,22)/t14-/m0/s1. The first kappa shape index (κ1) is 16.9. The summed E-state index contributed by atoms with van der Waals surface area (Å²) in [7, 11) is 0. The van der Waals surface area contributed by atoms with Gasteiger partial charge in [-0.15, -0.1) is 0 Å². The lowest BCUT2D eigenvalue weighted by atomic mass is 10.1. The zero-order valence-corrected chi connectivity index (χ0v) is 13.5. The van der Waals surface area contributed by atoms with E-state index in [0.29, 0.717) is 5.82 Å². The molecule has 122 valence electrons. The molecule has 0 bridgehead atoms. The third-order valence-corrected chi connectivity index (χ3v) is 3.01. The molecule has 0 aliphatic carbocycles. The second-order valence-electron chi connectivity index (χ2n) is 6.08. The van der Waals surface area contributed by atoms with E-state index >= 15 is 0 Å². The summed E-state index contributed by atoms with van der Waals surface area (Å²) >= 11 is 0. The van der Waals surface area contributed by atoms with Gasteiger partial charge in [0.25, 0.3) is 0 Å². The Morgan fingerprint density at radius 3 is 2.35 bits per heavy atom. The van der Waals surface area contributed by atoms with Gasteiger partial charge in [-0.1, -0.05) is 24.3 Å². The molecular weight excluding hydrogens is 294 g/mol. The Bertz CT molecular complexity index is 636. The molecule has 0 radical (unpaired) electrons. The molecule has 1 amide bonds. The van der Waals surface area contributed by atoms with E-state index in [0.717, 1.165) is 11.1 Å². The van der Waals surface area contributed by atoms with Gasteiger partial charge in [-0.2, -0.15) is 0 Å². The largest absolute Gasteiger partial charge is 0.444 e. The fraction of sp³-hybridized carbons (Fsp3) is 0.353. The van der Waals surface area contributed by atoms with Crippen LogP contribution in [0.2, 0.25) is 0 Å². The second-order valence-corrected chi connectivity index (χ2v) is 6.08. The molecule has 0 unspecified atom stereocenters. The summed E-state index contributed by atoms with van der Waals surface area (Å²) in [6, 6.07) is 8.57. The zero-order chi connectivity index (χ0) is 16.9. The maximum Gasteiger partial charge on any atom is 0.408 e. The van der Waals surface area contributed by atoms with Gasteiger partial charge in [0.15, 0.2) is 5.82 Å². The molecule has 0 spiro atoms. The number of hydrogen-bond donors (Lipinski definition) is 2. The number of rotatable bonds is 4. The van der Waals surface area contributed by atoms with E-state index in [1.807, 2.05) is 24.3 Å². The summed E-state index contributed by atoms with van der Waals surface area (Å²) < 4.78 is 5.20. The molecule has 1 heterocycles. The van der Waals surface area contributed by atoms with Gasteiger partial charge >= 0.3 is 6.09 Å². The van der Waals surface area contributed by atoms with Crippen molar-refractivity contribution in [3.05, 3.63) is 48.3 Å². The molecule has 1 atom stereocenters. The summed E-state index contributed by atoms with van der Waals surface area (Å²) in [4.78, 5) is 20.2. The van der Waals surface area contributed by atoms with Crippen LogP contribution in [0.15, 0.2) is 42.7 Å². The first-order valence-corrected chi connectivity index (χ1v) is 7.37. The van der Waals surface area contributed by atoms with Crippen LogP contribution in [0.3, 0.4) is 0 Å². The Hall–Kier alpha value is -2.47. The minimum absolute atomic E-state index is 0.222. The normalized spacial score (nSPS) is 12.5. The Labute approximate surface area is 135 Å². The first-order chi connectivity index (χ1) is 10.9. The predicted octanol–water partition coefficient (Wildman–Crippen LogP) is 2.70. The lowest BCUT2D eigenvalue weighted by Gasteiger charge is -2.23. The summed E-state index contributed by atoms with van der Waals surface area (Å²) in [5.41, 5.74) is 1.06. The van der Waals surface area contributed by atoms with Crippen molar-refractivity contribution in [1.82, 2.24) is 15.3 Å². The number of alkyl carbamates (subject to hydrolysis) is 1. The van der Waals surface area contributed by atoms with Crippen molar-refractivity contribution in [1.29, 1.82) is 0 Å². The monoisotopic (exact) mass is 315 g/mol. The van der Waals surface area contributed by atoms with Crippen molar-refractivity contribution in [2.45, 2.75) is 32.4 Å². The van der Waals surface area contributed by atoms with Gasteiger partial charge < -0.3 is 15.2 Å². The third-order valence-electron chi connectivity index (χ3n) is 3.01. The molecule has 1 aromatic carbocycles. The van der Waals surface area contributed by atoms with Crippen LogP contribution in [0.25, 0.3) is 11.4 Å². The van der Waals surface area contributed by atoms with Crippen LogP contribution in [0.1, 0.15) is 32.4 Å². The second kappa shape index (κ2) is 7.19. The smallest absolute Gasteiger partial charge is 0.408 e. The Balaban J connectivity index is 2.08. The Morgan fingerprint density at radius 1 is 1.22 bits per heavy atom. The van der Waals surface area contributed by atoms with Crippen molar-refractivity contribution in [2.24, 2.45) is 0 Å². The molecule has 6 nitrogen and oxygen atoms in total. The highest BCUT2D eigenvalue weighted by Crippen LogP contribution is 2.19. The topological polar surface area (TPSA) is 84.3 Å². The number of ether oxygens (including phenoxy) is 1. The number of nitrogens with zero attached hydrogens (tertiary/aromatic N) is 2. The summed E-state index contributed by atoms with van der Waals surface area (Å²) in [6.07, 6.45) is 2.79. The maximum absolute atomic E-state index is 11.8. The highest BCUT2D eigenvalue weighted by Gasteiger charge is 2.20. The zero-order valence-electron chi connectivity index (χ0n) is 13.5. The van der Waals surface area contributed by atoms with Gasteiger partial charge in [-0.05, 0) is 32.4 Å². The molecule has 2 N–H and O–H groups in total. The van der Waals surface area contributed by atoms with Gasteiger partial charge in [0.05, 0.1) is 12.6 Å². The van der Waals surface area contributed by atoms with Crippen molar-refractivity contribution in [2.75, 3.05) is 6.61 Å². The van der Waals surface area contributed by atoms with Crippen LogP contribution >= 0.6 is 0 Å². The number of carbonyl (C=O) groups excluding carboxylic acids is 1. The third kappa shape index (κ3) is 5.03. The summed E-state index contributed by atoms with van der Waals surface area (Å²) in [6.45, 7) is 5.14. The lowest BCUT2D eigenvalue weighted by Crippen LogP contribution is -2.36. The Kier molecular flexibility index (Phi) is 5.28. The number of hydrogen-bond acceptors (Lipinski definition) is 5. The summed E-state index contributed by atoms with van der Waals surface area (Å²) in [5.74, 6) is 0.625. The minimum Gasteiger partial charge on any atom is -0.444 e. The molecule has 23 heavy (non-hydrogen) atoms. The maximum atomic E-state index is 11.8. The number of aromatic nitrogens is 2. The minimum atomic E-state index is -0.585. The molecule has 0 aliphatic rings. The Morgan fingerprint density at radius 2 is 1.83 bits per heavy atom. The van der Waals surface area contributed by atoms with Crippen molar-refractivity contribution in [3.63, 3.8) is 0 Å². The highest BCUT2D eigenvalue weighted by molar-refractivity contribution is 5.68.